The quantitative estimate of drug-likeness (QED) is 0.548. The molecule has 1 aliphatic rings. The number of fused-ring (bicyclic) bond motifs is 1. The van der Waals surface area contributed by atoms with Gasteiger partial charge in [-0.3, -0.25) is 0 Å². The van der Waals surface area contributed by atoms with Gasteiger partial charge in [-0.2, -0.15) is 5.10 Å². The number of nitrogens with one attached hydrogen (secondary N) is 3. The molecule has 150 valence electrons. The predicted octanol–water partition coefficient (Wildman–Crippen LogP) is 2.24. The van der Waals surface area contributed by atoms with Gasteiger partial charge in [0.05, 0.1) is 5.69 Å². The fourth-order valence-electron chi connectivity index (χ4n) is 2.94. The van der Waals surface area contributed by atoms with E-state index >= 15 is 0 Å². The molecule has 0 unspecified atom stereocenters. The molecule has 0 radical (unpaired) electrons. The van der Waals surface area contributed by atoms with Crippen molar-refractivity contribution < 1.29 is 14.3 Å². The maximum atomic E-state index is 12.0. The van der Waals surface area contributed by atoms with Crippen LogP contribution >= 0.6 is 0 Å². The second-order valence-corrected chi connectivity index (χ2v) is 6.48. The molecule has 3 N–H and O–H groups in total. The van der Waals surface area contributed by atoms with Gasteiger partial charge in [-0.15, -0.1) is 0 Å². The minimum Gasteiger partial charge on any atom is -0.454 e. The summed E-state index contributed by atoms with van der Waals surface area (Å²) in [6, 6.07) is 8.73. The predicted molar refractivity (Wildman–Crippen MR) is 107 cm³/mol. The number of anilines is 2. The third kappa shape index (κ3) is 4.37. The van der Waals surface area contributed by atoms with Crippen LogP contribution in [0.5, 0.6) is 11.5 Å². The maximum absolute atomic E-state index is 12.0. The summed E-state index contributed by atoms with van der Waals surface area (Å²) < 4.78 is 12.3. The van der Waals surface area contributed by atoms with Crippen molar-refractivity contribution in [3.8, 4) is 17.3 Å². The first-order valence-electron chi connectivity index (χ1n) is 9.12. The second kappa shape index (κ2) is 8.05. The van der Waals surface area contributed by atoms with Gasteiger partial charge >= 0.3 is 6.03 Å². The lowest BCUT2D eigenvalue weighted by molar-refractivity contribution is 0.174. The Hall–Kier alpha value is -3.82. The number of hydrogen-bond acceptors (Lipinski definition) is 7. The molecule has 0 spiro atoms. The normalized spacial score (nSPS) is 11.9. The number of carbonyl (C=O) groups is 1. The fourth-order valence-corrected chi connectivity index (χ4v) is 2.94. The molecule has 10 heteroatoms. The van der Waals surface area contributed by atoms with Gasteiger partial charge in [0.25, 0.3) is 0 Å². The largest absolute Gasteiger partial charge is 0.454 e. The van der Waals surface area contributed by atoms with Crippen LogP contribution < -0.4 is 25.4 Å². The summed E-state index contributed by atoms with van der Waals surface area (Å²) in [5, 5.41) is 13.1. The van der Waals surface area contributed by atoms with E-state index in [4.69, 9.17) is 9.47 Å². The van der Waals surface area contributed by atoms with Gasteiger partial charge in [-0.1, -0.05) is 0 Å². The molecule has 29 heavy (non-hydrogen) atoms. The van der Waals surface area contributed by atoms with Crippen molar-refractivity contribution in [3.63, 3.8) is 0 Å². The summed E-state index contributed by atoms with van der Waals surface area (Å²) in [6.45, 7) is 5.01. The Morgan fingerprint density at radius 3 is 2.79 bits per heavy atom. The number of ether oxygens (including phenoxy) is 2. The Balaban J connectivity index is 1.26. The third-order valence-electron chi connectivity index (χ3n) is 4.23. The van der Waals surface area contributed by atoms with Gasteiger partial charge in [-0.25, -0.2) is 19.4 Å². The molecule has 4 rings (SSSR count). The highest BCUT2D eigenvalue weighted by Gasteiger charge is 2.14. The molecule has 10 nitrogen and oxygen atoms in total. The van der Waals surface area contributed by atoms with E-state index in [1.165, 1.54) is 6.33 Å². The molecule has 0 fully saturated rings. The van der Waals surface area contributed by atoms with E-state index in [9.17, 15) is 4.79 Å². The fraction of sp³-hybridized carbons (Fsp3) is 0.263. The molecule has 1 aliphatic heterocycles. The lowest BCUT2D eigenvalue weighted by Crippen LogP contribution is -2.32. The molecule has 0 aliphatic carbocycles. The lowest BCUT2D eigenvalue weighted by Gasteiger charge is -2.10. The number of nitrogens with zero attached hydrogens (tertiary/aromatic N) is 4. The van der Waals surface area contributed by atoms with E-state index in [0.29, 0.717) is 41.9 Å². The highest BCUT2D eigenvalue weighted by molar-refractivity contribution is 5.89. The Labute approximate surface area is 167 Å². The molecular weight excluding hydrogens is 374 g/mol. The van der Waals surface area contributed by atoms with Crippen LogP contribution in [0.1, 0.15) is 11.4 Å². The van der Waals surface area contributed by atoms with Crippen LogP contribution in [0.2, 0.25) is 0 Å². The lowest BCUT2D eigenvalue weighted by atomic mass is 10.3. The molecule has 2 aromatic heterocycles. The van der Waals surface area contributed by atoms with Crippen molar-refractivity contribution in [2.24, 2.45) is 0 Å². The average molecular weight is 395 g/mol. The van der Waals surface area contributed by atoms with E-state index in [-0.39, 0.29) is 12.8 Å². The van der Waals surface area contributed by atoms with E-state index in [1.54, 1.807) is 22.9 Å². The van der Waals surface area contributed by atoms with Crippen molar-refractivity contribution in [1.82, 2.24) is 25.1 Å². The molecule has 3 heterocycles. The first kappa shape index (κ1) is 18.5. The zero-order valence-electron chi connectivity index (χ0n) is 16.1. The Morgan fingerprint density at radius 1 is 1.10 bits per heavy atom. The number of rotatable bonds is 6. The molecule has 3 aromatic rings. The Morgan fingerprint density at radius 2 is 1.97 bits per heavy atom. The summed E-state index contributed by atoms with van der Waals surface area (Å²) in [7, 11) is 0. The van der Waals surface area contributed by atoms with Gasteiger partial charge in [0.15, 0.2) is 17.3 Å². The van der Waals surface area contributed by atoms with Crippen molar-refractivity contribution in [2.45, 2.75) is 13.8 Å². The number of hydrogen-bond donors (Lipinski definition) is 3. The maximum Gasteiger partial charge on any atom is 0.319 e. The summed E-state index contributed by atoms with van der Waals surface area (Å²) in [6.07, 6.45) is 1.48. The average Bonchev–Trinajstić information content (AvgIpc) is 3.30. The highest BCUT2D eigenvalue weighted by atomic mass is 16.7. The van der Waals surface area contributed by atoms with Crippen LogP contribution in [-0.4, -0.2) is 45.7 Å². The number of aryl methyl sites for hydroxylation is 2. The number of urea groups is 1. The van der Waals surface area contributed by atoms with E-state index in [1.807, 2.05) is 26.0 Å². The second-order valence-electron chi connectivity index (χ2n) is 6.48. The standard InChI is InChI=1S/C19H21N7O3/c1-12-7-13(2)26(25-12)18-9-17(22-10-23-18)20-5-6-21-19(27)24-14-3-4-15-16(8-14)29-11-28-15/h3-4,7-10H,5-6,11H2,1-2H3,(H,20,22,23)(H2,21,24,27). The first-order valence-corrected chi connectivity index (χ1v) is 9.12. The molecule has 0 atom stereocenters. The van der Waals surface area contributed by atoms with Crippen LogP contribution in [-0.2, 0) is 0 Å². The zero-order valence-corrected chi connectivity index (χ0v) is 16.1. The molecule has 0 saturated carbocycles. The molecule has 0 bridgehead atoms. The summed E-state index contributed by atoms with van der Waals surface area (Å²) in [5.41, 5.74) is 2.55. The zero-order chi connectivity index (χ0) is 20.2. The Kier molecular flexibility index (Phi) is 5.14. The van der Waals surface area contributed by atoms with Crippen molar-refractivity contribution >= 4 is 17.5 Å². The summed E-state index contributed by atoms with van der Waals surface area (Å²) in [4.78, 5) is 20.5. The third-order valence-corrected chi connectivity index (χ3v) is 4.23. The van der Waals surface area contributed by atoms with Crippen LogP contribution in [0.15, 0.2) is 36.7 Å². The van der Waals surface area contributed by atoms with Crippen LogP contribution in [0.3, 0.4) is 0 Å². The van der Waals surface area contributed by atoms with Crippen molar-refractivity contribution in [3.05, 3.63) is 48.0 Å². The van der Waals surface area contributed by atoms with Crippen LogP contribution in [0.4, 0.5) is 16.3 Å². The molecule has 1 aromatic carbocycles. The van der Waals surface area contributed by atoms with Crippen LogP contribution in [0, 0.1) is 13.8 Å². The van der Waals surface area contributed by atoms with E-state index in [0.717, 1.165) is 11.4 Å². The van der Waals surface area contributed by atoms with Gasteiger partial charge < -0.3 is 25.4 Å². The number of amides is 2. The van der Waals surface area contributed by atoms with Crippen LogP contribution in [0.25, 0.3) is 5.82 Å². The molecular formula is C19H21N7O3. The monoisotopic (exact) mass is 395 g/mol. The van der Waals surface area contributed by atoms with Crippen molar-refractivity contribution in [2.75, 3.05) is 30.5 Å². The number of carbonyl (C=O) groups excluding carboxylic acids is 1. The first-order chi connectivity index (χ1) is 14.1. The molecule has 2 amide bonds. The van der Waals surface area contributed by atoms with Gasteiger partial charge in [0.1, 0.15) is 12.1 Å². The number of aromatic nitrogens is 4. The highest BCUT2D eigenvalue weighted by Crippen LogP contribution is 2.34. The van der Waals surface area contributed by atoms with E-state index < -0.39 is 0 Å². The van der Waals surface area contributed by atoms with E-state index in [2.05, 4.69) is 31.0 Å². The topological polar surface area (TPSA) is 115 Å². The SMILES string of the molecule is Cc1cc(C)n(-c2cc(NCCNC(=O)Nc3ccc4c(c3)OCO4)ncn2)n1. The minimum atomic E-state index is -0.309. The van der Waals surface area contributed by atoms with Gasteiger partial charge in [-0.05, 0) is 32.0 Å². The van der Waals surface area contributed by atoms with Gasteiger partial charge in [0.2, 0.25) is 6.79 Å². The summed E-state index contributed by atoms with van der Waals surface area (Å²) in [5.74, 6) is 2.62. The van der Waals surface area contributed by atoms with Gasteiger partial charge in [0, 0.05) is 36.6 Å². The Bertz CT molecular complexity index is 1030. The van der Waals surface area contributed by atoms with Crippen molar-refractivity contribution in [1.29, 1.82) is 0 Å². The summed E-state index contributed by atoms with van der Waals surface area (Å²) >= 11 is 0. The number of benzene rings is 1. The smallest absolute Gasteiger partial charge is 0.319 e. The minimum absolute atomic E-state index is 0.195. The molecule has 0 saturated heterocycles.